The van der Waals surface area contributed by atoms with E-state index in [4.69, 9.17) is 4.42 Å². The van der Waals surface area contributed by atoms with Gasteiger partial charge in [-0.25, -0.2) is 4.39 Å². The standard InChI is InChI=1S/C20H22FN3O4/c1-13(22-19(26)14-8-11-28-12-14)18(25)23-15-6-9-24(10-7-15)20(27)16-4-2-3-5-17(16)21/h2-5,8,11-13,15H,6-7,9-10H2,1H3,(H,22,26)(H,23,25)/t13-/m1/s1. The van der Waals surface area contributed by atoms with Gasteiger partial charge in [-0.1, -0.05) is 12.1 Å². The minimum atomic E-state index is -0.708. The molecule has 3 amide bonds. The summed E-state index contributed by atoms with van der Waals surface area (Å²) in [6.07, 6.45) is 3.82. The van der Waals surface area contributed by atoms with Crippen molar-refractivity contribution in [2.45, 2.75) is 31.8 Å². The van der Waals surface area contributed by atoms with Gasteiger partial charge in [0, 0.05) is 19.1 Å². The van der Waals surface area contributed by atoms with Crippen molar-refractivity contribution in [3.05, 3.63) is 59.8 Å². The number of benzene rings is 1. The molecular formula is C20H22FN3O4. The number of hydrogen-bond acceptors (Lipinski definition) is 4. The van der Waals surface area contributed by atoms with Crippen LogP contribution in [0.25, 0.3) is 0 Å². The molecule has 0 bridgehead atoms. The van der Waals surface area contributed by atoms with E-state index in [-0.39, 0.29) is 29.3 Å². The topological polar surface area (TPSA) is 91.7 Å². The van der Waals surface area contributed by atoms with Crippen LogP contribution in [-0.2, 0) is 4.79 Å². The molecule has 1 aliphatic rings. The van der Waals surface area contributed by atoms with Crippen LogP contribution in [0.2, 0.25) is 0 Å². The lowest BCUT2D eigenvalue weighted by molar-refractivity contribution is -0.123. The molecule has 8 heteroatoms. The second-order valence-electron chi connectivity index (χ2n) is 6.76. The summed E-state index contributed by atoms with van der Waals surface area (Å²) < 4.78 is 18.6. The smallest absolute Gasteiger partial charge is 0.256 e. The average molecular weight is 387 g/mol. The first-order valence-corrected chi connectivity index (χ1v) is 9.13. The Bertz CT molecular complexity index is 845. The second-order valence-corrected chi connectivity index (χ2v) is 6.76. The summed E-state index contributed by atoms with van der Waals surface area (Å²) in [5.74, 6) is -1.56. The van der Waals surface area contributed by atoms with Crippen molar-refractivity contribution in [3.8, 4) is 0 Å². The zero-order valence-electron chi connectivity index (χ0n) is 15.5. The highest BCUT2D eigenvalue weighted by molar-refractivity contribution is 5.97. The molecule has 1 atom stereocenters. The predicted molar refractivity (Wildman–Crippen MR) is 99.1 cm³/mol. The van der Waals surface area contributed by atoms with Gasteiger partial charge in [0.15, 0.2) is 0 Å². The van der Waals surface area contributed by atoms with Gasteiger partial charge in [0.1, 0.15) is 18.1 Å². The molecule has 0 radical (unpaired) electrons. The van der Waals surface area contributed by atoms with Crippen LogP contribution in [0.4, 0.5) is 4.39 Å². The van der Waals surface area contributed by atoms with Gasteiger partial charge in [-0.05, 0) is 38.0 Å². The van der Waals surface area contributed by atoms with Gasteiger partial charge in [-0.3, -0.25) is 14.4 Å². The summed E-state index contributed by atoms with van der Waals surface area (Å²) in [5, 5.41) is 5.50. The van der Waals surface area contributed by atoms with Crippen LogP contribution in [-0.4, -0.2) is 47.8 Å². The third-order valence-corrected chi connectivity index (χ3v) is 4.76. The molecule has 0 spiro atoms. The highest BCUT2D eigenvalue weighted by Gasteiger charge is 2.27. The molecule has 1 fully saturated rings. The van der Waals surface area contributed by atoms with Crippen molar-refractivity contribution < 1.29 is 23.2 Å². The number of hydrogen-bond donors (Lipinski definition) is 2. The highest BCUT2D eigenvalue weighted by Crippen LogP contribution is 2.16. The molecule has 7 nitrogen and oxygen atoms in total. The Balaban J connectivity index is 1.47. The van der Waals surface area contributed by atoms with E-state index in [0.717, 1.165) is 0 Å². The molecule has 1 aliphatic heterocycles. The van der Waals surface area contributed by atoms with Crippen molar-refractivity contribution in [1.29, 1.82) is 0 Å². The van der Waals surface area contributed by atoms with Crippen LogP contribution in [0, 0.1) is 5.82 Å². The van der Waals surface area contributed by atoms with E-state index in [2.05, 4.69) is 10.6 Å². The Morgan fingerprint density at radius 3 is 2.54 bits per heavy atom. The van der Waals surface area contributed by atoms with Crippen molar-refractivity contribution in [2.24, 2.45) is 0 Å². The van der Waals surface area contributed by atoms with E-state index in [1.165, 1.54) is 30.7 Å². The summed E-state index contributed by atoms with van der Waals surface area (Å²) in [4.78, 5) is 38.3. The molecule has 2 aromatic rings. The van der Waals surface area contributed by atoms with E-state index >= 15 is 0 Å². The molecule has 0 saturated carbocycles. The number of likely N-dealkylation sites (tertiary alicyclic amines) is 1. The highest BCUT2D eigenvalue weighted by atomic mass is 19.1. The van der Waals surface area contributed by atoms with Crippen LogP contribution >= 0.6 is 0 Å². The molecule has 1 aromatic carbocycles. The number of rotatable bonds is 5. The first-order chi connectivity index (χ1) is 13.5. The van der Waals surface area contributed by atoms with Gasteiger partial charge in [0.05, 0.1) is 17.4 Å². The Morgan fingerprint density at radius 2 is 1.89 bits per heavy atom. The number of nitrogens with zero attached hydrogens (tertiary/aromatic N) is 1. The fraction of sp³-hybridized carbons (Fsp3) is 0.350. The minimum Gasteiger partial charge on any atom is -0.472 e. The van der Waals surface area contributed by atoms with Gasteiger partial charge < -0.3 is 20.0 Å². The number of piperidine rings is 1. The number of carbonyl (C=O) groups excluding carboxylic acids is 3. The second kappa shape index (κ2) is 8.69. The molecular weight excluding hydrogens is 365 g/mol. The van der Waals surface area contributed by atoms with Crippen molar-refractivity contribution >= 4 is 17.7 Å². The number of nitrogens with one attached hydrogen (secondary N) is 2. The zero-order valence-corrected chi connectivity index (χ0v) is 15.5. The fourth-order valence-corrected chi connectivity index (χ4v) is 3.10. The largest absolute Gasteiger partial charge is 0.472 e. The van der Waals surface area contributed by atoms with E-state index in [0.29, 0.717) is 31.5 Å². The first kappa shape index (κ1) is 19.6. The number of furan rings is 1. The Kier molecular flexibility index (Phi) is 6.08. The van der Waals surface area contributed by atoms with Crippen molar-refractivity contribution in [3.63, 3.8) is 0 Å². The van der Waals surface area contributed by atoms with E-state index in [1.54, 1.807) is 24.0 Å². The summed E-state index contributed by atoms with van der Waals surface area (Å²) in [6.45, 7) is 2.45. The first-order valence-electron chi connectivity index (χ1n) is 9.13. The molecule has 2 N–H and O–H groups in total. The lowest BCUT2D eigenvalue weighted by atomic mass is 10.0. The van der Waals surface area contributed by atoms with Gasteiger partial charge in [0.25, 0.3) is 11.8 Å². The molecule has 3 rings (SSSR count). The molecule has 2 heterocycles. The number of halogens is 1. The normalized spacial score (nSPS) is 15.7. The van der Waals surface area contributed by atoms with E-state index in [1.807, 2.05) is 0 Å². The maximum absolute atomic E-state index is 13.8. The van der Waals surface area contributed by atoms with Gasteiger partial charge in [-0.15, -0.1) is 0 Å². The van der Waals surface area contributed by atoms with Gasteiger partial charge in [0.2, 0.25) is 5.91 Å². The van der Waals surface area contributed by atoms with Crippen molar-refractivity contribution in [2.75, 3.05) is 13.1 Å². The van der Waals surface area contributed by atoms with Crippen LogP contribution in [0.3, 0.4) is 0 Å². The molecule has 1 saturated heterocycles. The van der Waals surface area contributed by atoms with Gasteiger partial charge >= 0.3 is 0 Å². The van der Waals surface area contributed by atoms with Crippen LogP contribution in [0.15, 0.2) is 47.3 Å². The van der Waals surface area contributed by atoms with Crippen LogP contribution in [0.1, 0.15) is 40.5 Å². The van der Waals surface area contributed by atoms with Gasteiger partial charge in [-0.2, -0.15) is 0 Å². The van der Waals surface area contributed by atoms with Crippen LogP contribution < -0.4 is 10.6 Å². The Morgan fingerprint density at radius 1 is 1.18 bits per heavy atom. The summed E-state index contributed by atoms with van der Waals surface area (Å²) in [5.41, 5.74) is 0.403. The lowest BCUT2D eigenvalue weighted by Gasteiger charge is -2.33. The summed E-state index contributed by atoms with van der Waals surface area (Å²) >= 11 is 0. The molecule has 148 valence electrons. The molecule has 1 aromatic heterocycles. The quantitative estimate of drug-likeness (QED) is 0.820. The third kappa shape index (κ3) is 4.57. The number of carbonyl (C=O) groups is 3. The summed E-state index contributed by atoms with van der Waals surface area (Å²) in [6, 6.07) is 6.60. The maximum Gasteiger partial charge on any atom is 0.256 e. The average Bonchev–Trinajstić information content (AvgIpc) is 3.23. The SMILES string of the molecule is C[C@@H](NC(=O)c1ccoc1)C(=O)NC1CCN(C(=O)c2ccccc2F)CC1. The fourth-order valence-electron chi connectivity index (χ4n) is 3.10. The summed E-state index contributed by atoms with van der Waals surface area (Å²) in [7, 11) is 0. The monoisotopic (exact) mass is 387 g/mol. The number of amides is 3. The zero-order chi connectivity index (χ0) is 20.1. The van der Waals surface area contributed by atoms with Crippen molar-refractivity contribution in [1.82, 2.24) is 15.5 Å². The Labute approximate surface area is 161 Å². The maximum atomic E-state index is 13.8. The van der Waals surface area contributed by atoms with E-state index < -0.39 is 11.9 Å². The third-order valence-electron chi connectivity index (χ3n) is 4.76. The minimum absolute atomic E-state index is 0.0561. The molecule has 28 heavy (non-hydrogen) atoms. The predicted octanol–water partition coefficient (Wildman–Crippen LogP) is 1.96. The lowest BCUT2D eigenvalue weighted by Crippen LogP contribution is -2.51. The molecule has 0 aliphatic carbocycles. The Hall–Kier alpha value is -3.16. The molecule has 0 unspecified atom stereocenters. The van der Waals surface area contributed by atoms with E-state index in [9.17, 15) is 18.8 Å². The van der Waals surface area contributed by atoms with Crippen LogP contribution in [0.5, 0.6) is 0 Å².